The van der Waals surface area contributed by atoms with Crippen LogP contribution >= 0.6 is 0 Å². The van der Waals surface area contributed by atoms with Crippen molar-refractivity contribution in [2.45, 2.75) is 6.92 Å². The molecule has 0 aliphatic heterocycles. The molecule has 3 rings (SSSR count). The zero-order valence-corrected chi connectivity index (χ0v) is 11.7. The molecule has 3 aromatic rings. The van der Waals surface area contributed by atoms with E-state index in [2.05, 4.69) is 9.98 Å². The number of aryl methyl sites for hydroxylation is 1. The van der Waals surface area contributed by atoms with Crippen LogP contribution in [-0.2, 0) is 0 Å². The highest BCUT2D eigenvalue weighted by molar-refractivity contribution is 5.84. The van der Waals surface area contributed by atoms with Gasteiger partial charge in [0.25, 0.3) is 5.56 Å². The fraction of sp³-hybridized carbons (Fsp3) is 0.0625. The van der Waals surface area contributed by atoms with Gasteiger partial charge in [0, 0.05) is 12.4 Å². The number of aliphatic imine (C=N–C) groups is 1. The molecule has 0 amide bonds. The summed E-state index contributed by atoms with van der Waals surface area (Å²) < 4.78 is 14.4. The van der Waals surface area contributed by atoms with Gasteiger partial charge < -0.3 is 5.11 Å². The number of fused-ring (bicyclic) bond motifs is 1. The second-order valence-electron chi connectivity index (χ2n) is 4.82. The number of benzene rings is 1. The molecule has 0 atom stereocenters. The van der Waals surface area contributed by atoms with E-state index in [1.54, 1.807) is 24.4 Å². The summed E-state index contributed by atoms with van der Waals surface area (Å²) in [5.41, 5.74) is 1.12. The molecule has 0 radical (unpaired) electrons. The van der Waals surface area contributed by atoms with Crippen molar-refractivity contribution in [3.63, 3.8) is 0 Å². The Hall–Kier alpha value is -3.02. The summed E-state index contributed by atoms with van der Waals surface area (Å²) in [6, 6.07) is 9.08. The Kier molecular flexibility index (Phi) is 3.42. The molecule has 0 saturated carbocycles. The largest absolute Gasteiger partial charge is 0.493 e. The number of hydrogen-bond acceptors (Lipinski definition) is 4. The summed E-state index contributed by atoms with van der Waals surface area (Å²) in [5, 5.41) is 9.92. The number of aromatic hydroxyl groups is 1. The smallest absolute Gasteiger partial charge is 0.270 e. The lowest BCUT2D eigenvalue weighted by atomic mass is 10.2. The van der Waals surface area contributed by atoms with Gasteiger partial charge in [0.15, 0.2) is 0 Å². The quantitative estimate of drug-likeness (QED) is 0.739. The molecule has 110 valence electrons. The molecule has 5 nitrogen and oxygen atoms in total. The molecule has 6 heteroatoms. The van der Waals surface area contributed by atoms with E-state index >= 15 is 0 Å². The molecule has 0 aliphatic rings. The summed E-state index contributed by atoms with van der Waals surface area (Å²) in [6.07, 6.45) is 2.77. The van der Waals surface area contributed by atoms with Gasteiger partial charge in [0.2, 0.25) is 5.88 Å². The van der Waals surface area contributed by atoms with Gasteiger partial charge in [0.05, 0.1) is 5.69 Å². The van der Waals surface area contributed by atoms with Crippen LogP contribution in [-0.4, -0.2) is 20.7 Å². The van der Waals surface area contributed by atoms with E-state index in [4.69, 9.17) is 0 Å². The lowest BCUT2D eigenvalue weighted by Crippen LogP contribution is -2.19. The molecule has 2 aromatic heterocycles. The van der Waals surface area contributed by atoms with Gasteiger partial charge in [-0.25, -0.2) is 4.39 Å². The molecule has 0 spiro atoms. The second-order valence-corrected chi connectivity index (χ2v) is 4.82. The minimum Gasteiger partial charge on any atom is -0.493 e. The summed E-state index contributed by atoms with van der Waals surface area (Å²) in [7, 11) is 0. The van der Waals surface area contributed by atoms with E-state index in [0.717, 1.165) is 5.56 Å². The Bertz CT molecular complexity index is 948. The molecule has 22 heavy (non-hydrogen) atoms. The first kappa shape index (κ1) is 13.9. The summed E-state index contributed by atoms with van der Waals surface area (Å²) in [4.78, 5) is 20.3. The standard InChI is InChI=1S/C16H12FN3O2/c1-10-5-6-20-14(7-10)19-15(21)13(16(20)22)9-18-12-4-2-3-11(17)8-12/h2-9,21H,1H3. The number of pyridine rings is 1. The first-order valence-corrected chi connectivity index (χ1v) is 6.56. The van der Waals surface area contributed by atoms with Crippen LogP contribution in [0.2, 0.25) is 0 Å². The minimum atomic E-state index is -0.442. The first-order valence-electron chi connectivity index (χ1n) is 6.56. The summed E-state index contributed by atoms with van der Waals surface area (Å²) in [6.45, 7) is 1.86. The van der Waals surface area contributed by atoms with E-state index in [1.165, 1.54) is 28.8 Å². The summed E-state index contributed by atoms with van der Waals surface area (Å²) >= 11 is 0. The molecular weight excluding hydrogens is 285 g/mol. The molecule has 0 saturated heterocycles. The minimum absolute atomic E-state index is 0.0504. The van der Waals surface area contributed by atoms with Crippen molar-refractivity contribution in [1.29, 1.82) is 0 Å². The van der Waals surface area contributed by atoms with Crippen LogP contribution in [0, 0.1) is 12.7 Å². The van der Waals surface area contributed by atoms with Crippen LogP contribution in [0.5, 0.6) is 5.88 Å². The maximum Gasteiger partial charge on any atom is 0.270 e. The zero-order chi connectivity index (χ0) is 15.7. The van der Waals surface area contributed by atoms with E-state index in [9.17, 15) is 14.3 Å². The van der Waals surface area contributed by atoms with Gasteiger partial charge in [-0.15, -0.1) is 0 Å². The monoisotopic (exact) mass is 297 g/mol. The van der Waals surface area contributed by atoms with Crippen LogP contribution in [0.15, 0.2) is 52.4 Å². The number of rotatable bonds is 2. The fourth-order valence-corrected chi connectivity index (χ4v) is 2.05. The molecule has 0 bridgehead atoms. The first-order chi connectivity index (χ1) is 10.5. The van der Waals surface area contributed by atoms with Crippen molar-refractivity contribution in [1.82, 2.24) is 9.38 Å². The number of aromatic nitrogens is 2. The van der Waals surface area contributed by atoms with Crippen molar-refractivity contribution >= 4 is 17.5 Å². The van der Waals surface area contributed by atoms with Crippen molar-refractivity contribution in [2.75, 3.05) is 0 Å². The molecule has 0 aliphatic carbocycles. The lowest BCUT2D eigenvalue weighted by molar-refractivity contribution is 0.452. The summed E-state index contributed by atoms with van der Waals surface area (Å²) in [5.74, 6) is -0.835. The number of halogens is 1. The second kappa shape index (κ2) is 5.40. The van der Waals surface area contributed by atoms with Gasteiger partial charge in [-0.05, 0) is 42.8 Å². The van der Waals surface area contributed by atoms with E-state index in [1.807, 2.05) is 6.92 Å². The Labute approximate surface area is 125 Å². The third-order valence-electron chi connectivity index (χ3n) is 3.15. The maximum atomic E-state index is 13.1. The maximum absolute atomic E-state index is 13.1. The predicted octanol–water partition coefficient (Wildman–Crippen LogP) is 2.60. The predicted molar refractivity (Wildman–Crippen MR) is 81.5 cm³/mol. The highest BCUT2D eigenvalue weighted by Gasteiger charge is 2.10. The Morgan fingerprint density at radius 2 is 2.14 bits per heavy atom. The molecule has 0 unspecified atom stereocenters. The molecule has 1 aromatic carbocycles. The normalized spacial score (nSPS) is 11.4. The highest BCUT2D eigenvalue weighted by atomic mass is 19.1. The van der Waals surface area contributed by atoms with Crippen molar-refractivity contribution in [2.24, 2.45) is 4.99 Å². The van der Waals surface area contributed by atoms with E-state index < -0.39 is 17.3 Å². The lowest BCUT2D eigenvalue weighted by Gasteiger charge is -2.04. The third kappa shape index (κ3) is 2.58. The van der Waals surface area contributed by atoms with Crippen molar-refractivity contribution in [3.8, 4) is 5.88 Å². The van der Waals surface area contributed by atoms with Gasteiger partial charge in [0.1, 0.15) is 17.0 Å². The van der Waals surface area contributed by atoms with Gasteiger partial charge >= 0.3 is 0 Å². The van der Waals surface area contributed by atoms with Crippen LogP contribution in [0.25, 0.3) is 5.65 Å². The van der Waals surface area contributed by atoms with Gasteiger partial charge in [-0.3, -0.25) is 14.2 Å². The van der Waals surface area contributed by atoms with Crippen molar-refractivity contribution < 1.29 is 9.50 Å². The average molecular weight is 297 g/mol. The number of nitrogens with zero attached hydrogens (tertiary/aromatic N) is 3. The van der Waals surface area contributed by atoms with Crippen molar-refractivity contribution in [3.05, 3.63) is 69.9 Å². The fourth-order valence-electron chi connectivity index (χ4n) is 2.05. The SMILES string of the molecule is Cc1ccn2c(=O)c(C=Nc3cccc(F)c3)c(O)nc2c1. The number of hydrogen-bond donors (Lipinski definition) is 1. The third-order valence-corrected chi connectivity index (χ3v) is 3.15. The van der Waals surface area contributed by atoms with E-state index in [-0.39, 0.29) is 5.56 Å². The van der Waals surface area contributed by atoms with Crippen LogP contribution in [0.4, 0.5) is 10.1 Å². The van der Waals surface area contributed by atoms with Gasteiger partial charge in [-0.1, -0.05) is 6.07 Å². The van der Waals surface area contributed by atoms with Crippen LogP contribution in [0.3, 0.4) is 0 Å². The topological polar surface area (TPSA) is 67.0 Å². The Morgan fingerprint density at radius 3 is 2.91 bits per heavy atom. The van der Waals surface area contributed by atoms with Crippen LogP contribution < -0.4 is 5.56 Å². The Morgan fingerprint density at radius 1 is 1.32 bits per heavy atom. The zero-order valence-electron chi connectivity index (χ0n) is 11.7. The van der Waals surface area contributed by atoms with E-state index in [0.29, 0.717) is 11.3 Å². The van der Waals surface area contributed by atoms with Crippen LogP contribution in [0.1, 0.15) is 11.1 Å². The average Bonchev–Trinajstić information content (AvgIpc) is 2.46. The molecule has 0 fully saturated rings. The molecule has 1 N–H and O–H groups in total. The highest BCUT2D eigenvalue weighted by Crippen LogP contribution is 2.15. The molecule has 2 heterocycles. The Balaban J connectivity index is 2.11. The van der Waals surface area contributed by atoms with Gasteiger partial charge in [-0.2, -0.15) is 4.98 Å². The molecular formula is C16H12FN3O2.